The number of aryl methyl sites for hydroxylation is 1. The third-order valence-electron chi connectivity index (χ3n) is 8.61. The fourth-order valence-electron chi connectivity index (χ4n) is 6.22. The van der Waals surface area contributed by atoms with Crippen molar-refractivity contribution in [2.24, 2.45) is 10.4 Å². The lowest BCUT2D eigenvalue weighted by atomic mass is 9.75. The van der Waals surface area contributed by atoms with Crippen molar-refractivity contribution in [3.8, 4) is 17.0 Å². The van der Waals surface area contributed by atoms with Gasteiger partial charge in [-0.3, -0.25) is 20.0 Å². The molecule has 4 aromatic rings. The zero-order chi connectivity index (χ0) is 38.5. The van der Waals surface area contributed by atoms with E-state index in [2.05, 4.69) is 10.3 Å². The molecule has 3 amide bonds. The topological polar surface area (TPSA) is 123 Å². The minimum atomic E-state index is -1.87. The largest absolute Gasteiger partial charge is 0.497 e. The van der Waals surface area contributed by atoms with Gasteiger partial charge >= 0.3 is 12.2 Å². The van der Waals surface area contributed by atoms with E-state index in [1.165, 1.54) is 43.1 Å². The summed E-state index contributed by atoms with van der Waals surface area (Å²) in [7, 11) is 4.47. The van der Waals surface area contributed by atoms with Gasteiger partial charge in [-0.2, -0.15) is 0 Å². The highest BCUT2D eigenvalue weighted by molar-refractivity contribution is 6.33. The Labute approximate surface area is 313 Å². The number of carbonyl (C=O) groups excluding carboxylic acids is 3. The van der Waals surface area contributed by atoms with Crippen LogP contribution in [0, 0.1) is 18.2 Å². The number of nitrogens with zero attached hydrogens (tertiary/aromatic N) is 4. The van der Waals surface area contributed by atoms with Gasteiger partial charge < -0.3 is 19.1 Å². The number of guanidine groups is 1. The standard InChI is InChI=1S/C40H43ClFN5O6/c1-25-12-11-19-43-34(25)29-20-27(15-18-31(29)41)33(23-53-38(50)46(5)6)47-35(48)40(24-39(2,3)4,30-17-16-28(51-7)21-32(30)42)45-36(47)44-37(49)52-22-26-13-9-8-10-14-26/h8-21,33H,22-24H2,1-7H3,(H,44,45,49)/t33?,40-/m1/s1. The number of hydrogen-bond donors (Lipinski definition) is 1. The number of benzene rings is 3. The van der Waals surface area contributed by atoms with Gasteiger partial charge in [0.2, 0.25) is 5.96 Å². The maximum absolute atomic E-state index is 16.2. The number of pyridine rings is 1. The maximum atomic E-state index is 16.2. The first-order chi connectivity index (χ1) is 25.1. The highest BCUT2D eigenvalue weighted by Gasteiger charge is 2.55. The molecule has 278 valence electrons. The zero-order valence-corrected chi connectivity index (χ0v) is 31.5. The van der Waals surface area contributed by atoms with Crippen molar-refractivity contribution < 1.29 is 33.0 Å². The van der Waals surface area contributed by atoms with Crippen LogP contribution in [0.2, 0.25) is 5.02 Å². The maximum Gasteiger partial charge on any atom is 0.414 e. The Morgan fingerprint density at radius 3 is 2.40 bits per heavy atom. The number of carbonyl (C=O) groups is 3. The van der Waals surface area contributed by atoms with Gasteiger partial charge in [0.05, 0.1) is 18.8 Å². The molecule has 1 N–H and O–H groups in total. The SMILES string of the molecule is COc1ccc([C@@]2(CC(C)(C)C)N=C(NC(=O)OCc3ccccc3)N(C(COC(=O)N(C)C)c3ccc(Cl)c(-c4ncccc4C)c3)C2=O)c(F)c1. The molecule has 1 aromatic heterocycles. The normalized spacial score (nSPS) is 16.1. The van der Waals surface area contributed by atoms with Crippen LogP contribution in [0.5, 0.6) is 5.75 Å². The van der Waals surface area contributed by atoms with Crippen molar-refractivity contribution in [2.45, 2.75) is 52.3 Å². The molecule has 1 aliphatic heterocycles. The van der Waals surface area contributed by atoms with Crippen molar-refractivity contribution in [3.05, 3.63) is 118 Å². The number of nitrogens with one attached hydrogen (secondary N) is 1. The van der Waals surface area contributed by atoms with Crippen LogP contribution in [-0.4, -0.2) is 66.6 Å². The van der Waals surface area contributed by atoms with Crippen LogP contribution >= 0.6 is 11.6 Å². The zero-order valence-electron chi connectivity index (χ0n) is 30.8. The van der Waals surface area contributed by atoms with Gasteiger partial charge in [-0.15, -0.1) is 0 Å². The summed E-state index contributed by atoms with van der Waals surface area (Å²) in [5.41, 5.74) is 0.751. The van der Waals surface area contributed by atoms with Gasteiger partial charge in [0.15, 0.2) is 5.54 Å². The molecule has 2 heterocycles. The average molecular weight is 744 g/mol. The van der Waals surface area contributed by atoms with Gasteiger partial charge in [0.25, 0.3) is 5.91 Å². The Morgan fingerprint density at radius 1 is 1.02 bits per heavy atom. The number of methoxy groups -OCH3 is 1. The molecule has 0 saturated heterocycles. The predicted octanol–water partition coefficient (Wildman–Crippen LogP) is 8.05. The summed E-state index contributed by atoms with van der Waals surface area (Å²) < 4.78 is 32.7. The van der Waals surface area contributed by atoms with Crippen molar-refractivity contribution in [1.82, 2.24) is 20.1 Å². The van der Waals surface area contributed by atoms with Gasteiger partial charge in [-0.25, -0.2) is 19.0 Å². The van der Waals surface area contributed by atoms with E-state index in [4.69, 9.17) is 30.8 Å². The summed E-state index contributed by atoms with van der Waals surface area (Å²) in [6, 6.07) is 21.0. The second-order valence-corrected chi connectivity index (χ2v) is 14.5. The second kappa shape index (κ2) is 16.0. The van der Waals surface area contributed by atoms with Gasteiger partial charge in [0.1, 0.15) is 24.8 Å². The van der Waals surface area contributed by atoms with Crippen molar-refractivity contribution in [3.63, 3.8) is 0 Å². The summed E-state index contributed by atoms with van der Waals surface area (Å²) in [5, 5.41) is 3.06. The number of rotatable bonds is 10. The lowest BCUT2D eigenvalue weighted by molar-refractivity contribution is -0.135. The molecule has 5 rings (SSSR count). The monoisotopic (exact) mass is 743 g/mol. The molecule has 2 atom stereocenters. The fraction of sp³-hybridized carbons (Fsp3) is 0.325. The molecule has 0 fully saturated rings. The molecule has 3 aromatic carbocycles. The van der Waals surface area contributed by atoms with Gasteiger partial charge in [0, 0.05) is 42.5 Å². The third-order valence-corrected chi connectivity index (χ3v) is 8.94. The molecule has 0 bridgehead atoms. The predicted molar refractivity (Wildman–Crippen MR) is 200 cm³/mol. The first-order valence-corrected chi connectivity index (χ1v) is 17.3. The minimum absolute atomic E-state index is 0.0254. The summed E-state index contributed by atoms with van der Waals surface area (Å²) in [5.74, 6) is -1.36. The molecular formula is C40H43ClFN5O6. The first kappa shape index (κ1) is 38.7. The number of hydrogen-bond acceptors (Lipinski definition) is 8. The minimum Gasteiger partial charge on any atom is -0.497 e. The Bertz CT molecular complexity index is 2020. The average Bonchev–Trinajstić information content (AvgIpc) is 3.37. The summed E-state index contributed by atoms with van der Waals surface area (Å²) in [6.45, 7) is 7.16. The number of halogens is 2. The smallest absolute Gasteiger partial charge is 0.414 e. The van der Waals surface area contributed by atoms with Crippen LogP contribution in [-0.2, 0) is 26.4 Å². The van der Waals surface area contributed by atoms with E-state index in [9.17, 15) is 9.59 Å². The first-order valence-electron chi connectivity index (χ1n) is 16.9. The Morgan fingerprint density at radius 2 is 1.75 bits per heavy atom. The van der Waals surface area contributed by atoms with E-state index in [0.29, 0.717) is 21.8 Å². The van der Waals surface area contributed by atoms with Crippen molar-refractivity contribution in [2.75, 3.05) is 27.8 Å². The number of amides is 3. The highest BCUT2D eigenvalue weighted by atomic mass is 35.5. The van der Waals surface area contributed by atoms with E-state index in [-0.39, 0.29) is 36.9 Å². The quantitative estimate of drug-likeness (QED) is 0.174. The van der Waals surface area contributed by atoms with Crippen LogP contribution in [0.3, 0.4) is 0 Å². The highest BCUT2D eigenvalue weighted by Crippen LogP contribution is 2.46. The number of aliphatic imine (C=N–C) groups is 1. The summed E-state index contributed by atoms with van der Waals surface area (Å²) in [4.78, 5) is 53.5. The molecule has 0 radical (unpaired) electrons. The molecule has 0 saturated carbocycles. The van der Waals surface area contributed by atoms with Gasteiger partial charge in [-0.1, -0.05) is 74.8 Å². The lowest BCUT2D eigenvalue weighted by Gasteiger charge is -2.35. The fourth-order valence-corrected chi connectivity index (χ4v) is 6.42. The molecule has 1 aliphatic rings. The molecule has 53 heavy (non-hydrogen) atoms. The van der Waals surface area contributed by atoms with E-state index in [1.807, 2.05) is 52.0 Å². The van der Waals surface area contributed by atoms with Crippen molar-refractivity contribution in [1.29, 1.82) is 0 Å². The molecule has 13 heteroatoms. The molecule has 0 spiro atoms. The van der Waals surface area contributed by atoms with E-state index >= 15 is 9.18 Å². The Hall–Kier alpha value is -5.49. The Balaban J connectivity index is 1.69. The number of aromatic nitrogens is 1. The van der Waals surface area contributed by atoms with E-state index in [0.717, 1.165) is 11.1 Å². The number of ether oxygens (including phenoxy) is 3. The van der Waals surface area contributed by atoms with E-state index in [1.54, 1.807) is 48.7 Å². The van der Waals surface area contributed by atoms with Crippen LogP contribution in [0.4, 0.5) is 14.0 Å². The van der Waals surface area contributed by atoms with Crippen molar-refractivity contribution >= 4 is 35.7 Å². The van der Waals surface area contributed by atoms with Gasteiger partial charge in [-0.05, 0) is 65.8 Å². The molecular weight excluding hydrogens is 701 g/mol. The van der Waals surface area contributed by atoms with E-state index < -0.39 is 40.9 Å². The molecule has 11 nitrogen and oxygen atoms in total. The molecule has 1 unspecified atom stereocenters. The summed E-state index contributed by atoms with van der Waals surface area (Å²) in [6.07, 6.45) is 0.0990. The molecule has 0 aliphatic carbocycles. The number of alkyl carbamates (subject to hydrolysis) is 1. The summed E-state index contributed by atoms with van der Waals surface area (Å²) >= 11 is 6.73. The third kappa shape index (κ3) is 8.77. The van der Waals surface area contributed by atoms with Crippen LogP contribution in [0.25, 0.3) is 11.3 Å². The van der Waals surface area contributed by atoms with Crippen LogP contribution < -0.4 is 10.1 Å². The van der Waals surface area contributed by atoms with Crippen LogP contribution in [0.15, 0.2) is 90.1 Å². The Kier molecular flexibility index (Phi) is 11.7. The van der Waals surface area contributed by atoms with Crippen LogP contribution in [0.1, 0.15) is 55.5 Å². The lowest BCUT2D eigenvalue weighted by Crippen LogP contribution is -2.50. The second-order valence-electron chi connectivity index (χ2n) is 14.1.